The van der Waals surface area contributed by atoms with Crippen molar-refractivity contribution in [3.63, 3.8) is 0 Å². The third-order valence-electron chi connectivity index (χ3n) is 3.87. The van der Waals surface area contributed by atoms with E-state index in [0.717, 1.165) is 18.0 Å². The lowest BCUT2D eigenvalue weighted by molar-refractivity contribution is 0.491. The number of benzene rings is 1. The minimum atomic E-state index is 0.639. The molecule has 0 spiro atoms. The van der Waals surface area contributed by atoms with Crippen molar-refractivity contribution in [3.05, 3.63) is 28.8 Å². The monoisotopic (exact) mass is 266 g/mol. The van der Waals surface area contributed by atoms with E-state index in [2.05, 4.69) is 24.8 Å². The number of halogens is 1. The van der Waals surface area contributed by atoms with Gasteiger partial charge in [-0.15, -0.1) is 0 Å². The summed E-state index contributed by atoms with van der Waals surface area (Å²) in [5, 5.41) is 0.854. The fourth-order valence-corrected chi connectivity index (χ4v) is 3.26. The van der Waals surface area contributed by atoms with E-state index in [1.54, 1.807) is 0 Å². The van der Waals surface area contributed by atoms with Crippen molar-refractivity contribution in [2.45, 2.75) is 39.2 Å². The van der Waals surface area contributed by atoms with Crippen molar-refractivity contribution in [1.82, 2.24) is 0 Å². The van der Waals surface area contributed by atoms with E-state index in [4.69, 9.17) is 17.3 Å². The molecule has 18 heavy (non-hydrogen) atoms. The first kappa shape index (κ1) is 13.7. The van der Waals surface area contributed by atoms with Gasteiger partial charge in [-0.2, -0.15) is 0 Å². The lowest BCUT2D eigenvalue weighted by atomic mass is 10.00. The molecule has 1 fully saturated rings. The molecule has 100 valence electrons. The molecule has 1 saturated heterocycles. The molecule has 0 aromatic heterocycles. The molecule has 1 aromatic rings. The van der Waals surface area contributed by atoms with Gasteiger partial charge in [0.1, 0.15) is 0 Å². The van der Waals surface area contributed by atoms with Crippen molar-refractivity contribution >= 4 is 17.3 Å². The van der Waals surface area contributed by atoms with Crippen LogP contribution in [0.1, 0.15) is 32.3 Å². The Morgan fingerprint density at radius 3 is 2.89 bits per heavy atom. The molecule has 0 aliphatic carbocycles. The predicted octanol–water partition coefficient (Wildman–Crippen LogP) is 3.47. The molecule has 3 heteroatoms. The summed E-state index contributed by atoms with van der Waals surface area (Å²) in [5.74, 6) is 0.678. The third kappa shape index (κ3) is 2.65. The number of nitrogens with zero attached hydrogens (tertiary/aromatic N) is 1. The van der Waals surface area contributed by atoms with Gasteiger partial charge >= 0.3 is 0 Å². The second-order valence-corrected chi connectivity index (χ2v) is 5.83. The Balaban J connectivity index is 2.34. The first-order valence-electron chi connectivity index (χ1n) is 6.89. The Hall–Kier alpha value is -0.730. The average molecular weight is 267 g/mol. The highest BCUT2D eigenvalue weighted by Gasteiger charge is 2.28. The van der Waals surface area contributed by atoms with E-state index < -0.39 is 0 Å². The zero-order valence-electron chi connectivity index (χ0n) is 11.3. The quantitative estimate of drug-likeness (QED) is 0.904. The molecule has 2 rings (SSSR count). The molecular weight excluding hydrogens is 244 g/mol. The molecule has 0 bridgehead atoms. The molecule has 0 radical (unpaired) electrons. The van der Waals surface area contributed by atoms with E-state index >= 15 is 0 Å². The normalized spacial score (nSPS) is 19.8. The SMILES string of the molecule is CC(C)C1CCCN1c1cccc(Cl)c1CCN. The van der Waals surface area contributed by atoms with Crippen LogP contribution in [0.3, 0.4) is 0 Å². The summed E-state index contributed by atoms with van der Waals surface area (Å²) in [7, 11) is 0. The summed E-state index contributed by atoms with van der Waals surface area (Å²) in [6, 6.07) is 6.85. The largest absolute Gasteiger partial charge is 0.368 e. The van der Waals surface area contributed by atoms with Gasteiger partial charge in [-0.25, -0.2) is 0 Å². The van der Waals surface area contributed by atoms with Gasteiger partial charge in [-0.05, 0) is 49.4 Å². The summed E-state index contributed by atoms with van der Waals surface area (Å²) in [4.78, 5) is 2.53. The Kier molecular flexibility index (Phi) is 4.52. The van der Waals surface area contributed by atoms with E-state index in [1.807, 2.05) is 12.1 Å². The second-order valence-electron chi connectivity index (χ2n) is 5.42. The molecule has 1 unspecified atom stereocenters. The average Bonchev–Trinajstić information content (AvgIpc) is 2.81. The molecule has 1 aliphatic heterocycles. The molecule has 0 saturated carbocycles. The van der Waals surface area contributed by atoms with Crippen LogP contribution in [0.15, 0.2) is 18.2 Å². The van der Waals surface area contributed by atoms with Crippen LogP contribution < -0.4 is 10.6 Å². The van der Waals surface area contributed by atoms with Gasteiger partial charge < -0.3 is 10.6 Å². The van der Waals surface area contributed by atoms with Crippen LogP contribution in [0, 0.1) is 5.92 Å². The Bertz CT molecular complexity index is 403. The van der Waals surface area contributed by atoms with Gasteiger partial charge in [-0.3, -0.25) is 0 Å². The minimum absolute atomic E-state index is 0.639. The molecule has 1 aromatic carbocycles. The lowest BCUT2D eigenvalue weighted by Gasteiger charge is -2.31. The van der Waals surface area contributed by atoms with Crippen molar-refractivity contribution in [2.24, 2.45) is 11.7 Å². The van der Waals surface area contributed by atoms with Crippen LogP contribution in [0.25, 0.3) is 0 Å². The zero-order valence-corrected chi connectivity index (χ0v) is 12.1. The molecule has 1 heterocycles. The number of rotatable bonds is 4. The minimum Gasteiger partial charge on any atom is -0.368 e. The van der Waals surface area contributed by atoms with Crippen molar-refractivity contribution < 1.29 is 0 Å². The smallest absolute Gasteiger partial charge is 0.0459 e. The van der Waals surface area contributed by atoms with Crippen molar-refractivity contribution in [3.8, 4) is 0 Å². The first-order valence-corrected chi connectivity index (χ1v) is 7.27. The van der Waals surface area contributed by atoms with E-state index in [9.17, 15) is 0 Å². The van der Waals surface area contributed by atoms with Crippen LogP contribution in [-0.2, 0) is 6.42 Å². The molecule has 1 atom stereocenters. The highest BCUT2D eigenvalue weighted by Crippen LogP contribution is 2.35. The Morgan fingerprint density at radius 1 is 1.44 bits per heavy atom. The summed E-state index contributed by atoms with van der Waals surface area (Å²) < 4.78 is 0. The number of hydrogen-bond acceptors (Lipinski definition) is 2. The van der Waals surface area contributed by atoms with Gasteiger partial charge in [0.15, 0.2) is 0 Å². The van der Waals surface area contributed by atoms with E-state index in [1.165, 1.54) is 24.1 Å². The molecule has 0 amide bonds. The van der Waals surface area contributed by atoms with Crippen molar-refractivity contribution in [2.75, 3.05) is 18.0 Å². The first-order chi connectivity index (χ1) is 8.65. The highest BCUT2D eigenvalue weighted by atomic mass is 35.5. The predicted molar refractivity (Wildman–Crippen MR) is 79.4 cm³/mol. The van der Waals surface area contributed by atoms with Gasteiger partial charge in [0.2, 0.25) is 0 Å². The van der Waals surface area contributed by atoms with Crippen LogP contribution in [0.4, 0.5) is 5.69 Å². The fraction of sp³-hybridized carbons (Fsp3) is 0.600. The summed E-state index contributed by atoms with van der Waals surface area (Å²) in [6.45, 7) is 6.39. The number of anilines is 1. The number of hydrogen-bond donors (Lipinski definition) is 1. The second kappa shape index (κ2) is 5.94. The van der Waals surface area contributed by atoms with Crippen LogP contribution in [-0.4, -0.2) is 19.1 Å². The summed E-state index contributed by atoms with van der Waals surface area (Å²) >= 11 is 6.33. The summed E-state index contributed by atoms with van der Waals surface area (Å²) in [5.41, 5.74) is 8.23. The van der Waals surface area contributed by atoms with Gasteiger partial charge in [0.05, 0.1) is 0 Å². The maximum atomic E-state index is 6.33. The molecular formula is C15H23ClN2. The lowest BCUT2D eigenvalue weighted by Crippen LogP contribution is -2.34. The maximum absolute atomic E-state index is 6.33. The van der Waals surface area contributed by atoms with Gasteiger partial charge in [0.25, 0.3) is 0 Å². The van der Waals surface area contributed by atoms with Crippen LogP contribution in [0.2, 0.25) is 5.02 Å². The maximum Gasteiger partial charge on any atom is 0.0459 e. The number of nitrogens with two attached hydrogens (primary N) is 1. The summed E-state index contributed by atoms with van der Waals surface area (Å²) in [6.07, 6.45) is 3.42. The third-order valence-corrected chi connectivity index (χ3v) is 4.22. The topological polar surface area (TPSA) is 29.3 Å². The molecule has 1 aliphatic rings. The molecule has 2 nitrogen and oxygen atoms in total. The standard InChI is InChI=1S/C15H23ClN2/c1-11(2)14-7-4-10-18(14)15-6-3-5-13(16)12(15)8-9-17/h3,5-6,11,14H,4,7-10,17H2,1-2H3. The van der Waals surface area contributed by atoms with Gasteiger partial charge in [-0.1, -0.05) is 31.5 Å². The zero-order chi connectivity index (χ0) is 13.1. The Labute approximate surface area is 115 Å². The van der Waals surface area contributed by atoms with E-state index in [0.29, 0.717) is 18.5 Å². The fourth-order valence-electron chi connectivity index (χ4n) is 2.99. The Morgan fingerprint density at radius 2 is 2.22 bits per heavy atom. The van der Waals surface area contributed by atoms with Crippen LogP contribution >= 0.6 is 11.6 Å². The van der Waals surface area contributed by atoms with E-state index in [-0.39, 0.29) is 0 Å². The van der Waals surface area contributed by atoms with Crippen molar-refractivity contribution in [1.29, 1.82) is 0 Å². The molecule has 2 N–H and O–H groups in total. The highest BCUT2D eigenvalue weighted by molar-refractivity contribution is 6.31. The van der Waals surface area contributed by atoms with Crippen LogP contribution in [0.5, 0.6) is 0 Å². The van der Waals surface area contributed by atoms with Gasteiger partial charge in [0, 0.05) is 23.3 Å².